The smallest absolute Gasteiger partial charge is 0.310 e. The minimum atomic E-state index is -0.882. The number of carbonyl (C=O) groups is 3. The Morgan fingerprint density at radius 3 is 2.71 bits per heavy atom. The van der Waals surface area contributed by atoms with Gasteiger partial charge < -0.3 is 15.7 Å². The molecule has 1 heterocycles. The van der Waals surface area contributed by atoms with Crippen LogP contribution in [0.1, 0.15) is 19.3 Å². The van der Waals surface area contributed by atoms with E-state index in [0.717, 1.165) is 0 Å². The zero-order valence-electron chi connectivity index (χ0n) is 9.18. The lowest BCUT2D eigenvalue weighted by Crippen LogP contribution is -2.45. The molecule has 0 spiro atoms. The molecule has 0 radical (unpaired) electrons. The molecule has 0 saturated carbocycles. The van der Waals surface area contributed by atoms with Crippen LogP contribution >= 0.6 is 0 Å². The molecule has 1 aliphatic heterocycles. The quantitative estimate of drug-likeness (QED) is 0.573. The van der Waals surface area contributed by atoms with E-state index in [0.29, 0.717) is 19.3 Å². The largest absolute Gasteiger partial charge is 0.481 e. The van der Waals surface area contributed by atoms with Gasteiger partial charge in [-0.3, -0.25) is 14.4 Å². The summed E-state index contributed by atoms with van der Waals surface area (Å²) in [4.78, 5) is 33.4. The predicted molar refractivity (Wildman–Crippen MR) is 58.0 cm³/mol. The van der Waals surface area contributed by atoms with Gasteiger partial charge in [-0.05, 0) is 12.8 Å². The highest BCUT2D eigenvalue weighted by atomic mass is 16.4. The fourth-order valence-electron chi connectivity index (χ4n) is 2.08. The Kier molecular flexibility index (Phi) is 3.12. The van der Waals surface area contributed by atoms with E-state index in [1.807, 2.05) is 0 Å². The van der Waals surface area contributed by atoms with Crippen LogP contribution in [0.4, 0.5) is 0 Å². The van der Waals surface area contributed by atoms with Gasteiger partial charge in [0.05, 0.1) is 5.92 Å². The molecule has 6 nitrogen and oxygen atoms in total. The van der Waals surface area contributed by atoms with Gasteiger partial charge in [0.2, 0.25) is 11.8 Å². The van der Waals surface area contributed by atoms with Crippen LogP contribution in [-0.2, 0) is 14.4 Å². The first-order valence-electron chi connectivity index (χ1n) is 5.57. The first-order chi connectivity index (χ1) is 8.06. The van der Waals surface area contributed by atoms with E-state index in [-0.39, 0.29) is 17.9 Å². The van der Waals surface area contributed by atoms with Crippen molar-refractivity contribution < 1.29 is 19.5 Å². The number of carbonyl (C=O) groups excluding carboxylic acids is 2. The van der Waals surface area contributed by atoms with Crippen molar-refractivity contribution in [3.05, 3.63) is 12.2 Å². The maximum absolute atomic E-state index is 11.7. The number of rotatable bonds is 3. The van der Waals surface area contributed by atoms with E-state index in [2.05, 4.69) is 10.6 Å². The molecule has 0 aromatic carbocycles. The standard InChI is InChI=1S/C11H14N2O4/c14-9-4-3-8(13-9)10(15)12-7-2-1-6(5-7)11(16)17/h1-2,6-8H,3-5H2,(H,12,15)(H,13,14)(H,16,17). The second-order valence-corrected chi connectivity index (χ2v) is 4.34. The molecule has 0 aromatic heterocycles. The molecular weight excluding hydrogens is 224 g/mol. The molecule has 6 heteroatoms. The Balaban J connectivity index is 1.83. The first-order valence-corrected chi connectivity index (χ1v) is 5.57. The van der Waals surface area contributed by atoms with Gasteiger partial charge in [-0.2, -0.15) is 0 Å². The topological polar surface area (TPSA) is 95.5 Å². The molecule has 3 unspecified atom stereocenters. The Labute approximate surface area is 98.1 Å². The summed E-state index contributed by atoms with van der Waals surface area (Å²) in [5.74, 6) is -1.77. The summed E-state index contributed by atoms with van der Waals surface area (Å²) in [6, 6.07) is -0.721. The van der Waals surface area contributed by atoms with Crippen molar-refractivity contribution in [2.24, 2.45) is 5.92 Å². The fraction of sp³-hybridized carbons (Fsp3) is 0.545. The third-order valence-electron chi connectivity index (χ3n) is 3.04. The number of carboxylic acid groups (broad SMARTS) is 1. The van der Waals surface area contributed by atoms with Gasteiger partial charge in [-0.15, -0.1) is 0 Å². The van der Waals surface area contributed by atoms with Crippen molar-refractivity contribution in [2.75, 3.05) is 0 Å². The van der Waals surface area contributed by atoms with Gasteiger partial charge in [-0.25, -0.2) is 0 Å². The number of hydrogen-bond donors (Lipinski definition) is 3. The van der Waals surface area contributed by atoms with E-state index in [1.54, 1.807) is 12.2 Å². The van der Waals surface area contributed by atoms with E-state index in [1.165, 1.54) is 0 Å². The molecule has 17 heavy (non-hydrogen) atoms. The number of aliphatic carboxylic acids is 1. The van der Waals surface area contributed by atoms with Gasteiger partial charge in [0, 0.05) is 12.5 Å². The minimum Gasteiger partial charge on any atom is -0.481 e. The second-order valence-electron chi connectivity index (χ2n) is 4.34. The summed E-state index contributed by atoms with van der Waals surface area (Å²) in [5.41, 5.74) is 0. The summed E-state index contributed by atoms with van der Waals surface area (Å²) in [6.07, 6.45) is 4.52. The van der Waals surface area contributed by atoms with Crippen LogP contribution in [0.5, 0.6) is 0 Å². The highest BCUT2D eigenvalue weighted by molar-refractivity contribution is 5.91. The van der Waals surface area contributed by atoms with Crippen molar-refractivity contribution in [1.29, 1.82) is 0 Å². The lowest BCUT2D eigenvalue weighted by Gasteiger charge is -2.15. The van der Waals surface area contributed by atoms with E-state index in [4.69, 9.17) is 5.11 Å². The van der Waals surface area contributed by atoms with Crippen molar-refractivity contribution in [3.63, 3.8) is 0 Å². The van der Waals surface area contributed by atoms with Crippen molar-refractivity contribution in [2.45, 2.75) is 31.3 Å². The average Bonchev–Trinajstić information content (AvgIpc) is 2.86. The molecule has 3 N–H and O–H groups in total. The van der Waals surface area contributed by atoms with Crippen LogP contribution in [-0.4, -0.2) is 35.0 Å². The molecule has 0 bridgehead atoms. The molecule has 1 fully saturated rings. The zero-order valence-corrected chi connectivity index (χ0v) is 9.18. The number of nitrogens with one attached hydrogen (secondary N) is 2. The van der Waals surface area contributed by atoms with Gasteiger partial charge in [0.1, 0.15) is 6.04 Å². The highest BCUT2D eigenvalue weighted by Crippen LogP contribution is 2.18. The average molecular weight is 238 g/mol. The monoisotopic (exact) mass is 238 g/mol. The van der Waals surface area contributed by atoms with Gasteiger partial charge >= 0.3 is 5.97 Å². The minimum absolute atomic E-state index is 0.115. The summed E-state index contributed by atoms with van der Waals surface area (Å²) in [6.45, 7) is 0. The summed E-state index contributed by atoms with van der Waals surface area (Å²) in [5, 5.41) is 14.1. The number of hydrogen-bond acceptors (Lipinski definition) is 3. The molecule has 0 aromatic rings. The Bertz CT molecular complexity index is 391. The van der Waals surface area contributed by atoms with E-state index < -0.39 is 17.9 Å². The molecule has 1 aliphatic carbocycles. The predicted octanol–water partition coefficient (Wildman–Crippen LogP) is -0.589. The summed E-state index contributed by atoms with van der Waals surface area (Å²) >= 11 is 0. The Hall–Kier alpha value is -1.85. The van der Waals surface area contributed by atoms with E-state index in [9.17, 15) is 14.4 Å². The molecule has 1 saturated heterocycles. The normalized spacial score (nSPS) is 31.3. The fourth-order valence-corrected chi connectivity index (χ4v) is 2.08. The van der Waals surface area contributed by atoms with Gasteiger partial charge in [0.25, 0.3) is 0 Å². The molecule has 3 atom stereocenters. The zero-order chi connectivity index (χ0) is 12.4. The lowest BCUT2D eigenvalue weighted by molar-refractivity contribution is -0.140. The van der Waals surface area contributed by atoms with Crippen LogP contribution in [0.25, 0.3) is 0 Å². The third kappa shape index (κ3) is 2.64. The summed E-state index contributed by atoms with van der Waals surface area (Å²) in [7, 11) is 0. The second kappa shape index (κ2) is 4.57. The van der Waals surface area contributed by atoms with Crippen LogP contribution in [0.15, 0.2) is 12.2 Å². The molecular formula is C11H14N2O4. The van der Waals surface area contributed by atoms with Crippen molar-refractivity contribution in [1.82, 2.24) is 10.6 Å². The Morgan fingerprint density at radius 2 is 2.18 bits per heavy atom. The SMILES string of the molecule is O=C1CCC(C(=O)NC2C=CC(C(=O)O)C2)N1. The number of carboxylic acids is 1. The van der Waals surface area contributed by atoms with Crippen LogP contribution in [0.3, 0.4) is 0 Å². The summed E-state index contributed by atoms with van der Waals surface area (Å²) < 4.78 is 0. The van der Waals surface area contributed by atoms with Crippen molar-refractivity contribution in [3.8, 4) is 0 Å². The van der Waals surface area contributed by atoms with Crippen LogP contribution in [0.2, 0.25) is 0 Å². The van der Waals surface area contributed by atoms with E-state index >= 15 is 0 Å². The number of amides is 2. The molecule has 2 amide bonds. The van der Waals surface area contributed by atoms with Crippen molar-refractivity contribution >= 4 is 17.8 Å². The highest BCUT2D eigenvalue weighted by Gasteiger charge is 2.30. The third-order valence-corrected chi connectivity index (χ3v) is 3.04. The Morgan fingerprint density at radius 1 is 1.41 bits per heavy atom. The van der Waals surface area contributed by atoms with Crippen LogP contribution in [0, 0.1) is 5.92 Å². The molecule has 92 valence electrons. The molecule has 2 rings (SSSR count). The molecule has 2 aliphatic rings. The van der Waals surface area contributed by atoms with Crippen LogP contribution < -0.4 is 10.6 Å². The maximum Gasteiger partial charge on any atom is 0.310 e. The first kappa shape index (κ1) is 11.6. The van der Waals surface area contributed by atoms with Gasteiger partial charge in [0.15, 0.2) is 0 Å². The lowest BCUT2D eigenvalue weighted by atomic mass is 10.1. The van der Waals surface area contributed by atoms with Gasteiger partial charge in [-0.1, -0.05) is 12.2 Å². The maximum atomic E-state index is 11.7.